The predicted molar refractivity (Wildman–Crippen MR) is 161 cm³/mol. The first kappa shape index (κ1) is 34.0. The van der Waals surface area contributed by atoms with Gasteiger partial charge in [-0.3, -0.25) is 14.4 Å². The lowest BCUT2D eigenvalue weighted by molar-refractivity contribution is -0.116. The summed E-state index contributed by atoms with van der Waals surface area (Å²) in [6.45, 7) is -0.153. The number of H-pyrrole nitrogens is 1. The topological polar surface area (TPSA) is 158 Å². The van der Waals surface area contributed by atoms with Gasteiger partial charge in [0.25, 0.3) is 5.56 Å². The SMILES string of the molecule is CNC(=O)/C=C/CCCC(=O)Nc1cccn(Cc2cc3cc(F)cc(OCc4ccc(F)cc4F)c3[nH]2)c1=O.COC(N)=O. The van der Waals surface area contributed by atoms with Crippen LogP contribution in [0.25, 0.3) is 10.9 Å². The first-order valence-corrected chi connectivity index (χ1v) is 13.6. The van der Waals surface area contributed by atoms with Crippen LogP contribution in [-0.2, 0) is 27.5 Å². The highest BCUT2D eigenvalue weighted by atomic mass is 19.1. The van der Waals surface area contributed by atoms with E-state index < -0.39 is 29.1 Å². The van der Waals surface area contributed by atoms with Crippen molar-refractivity contribution in [3.05, 3.63) is 106 Å². The van der Waals surface area contributed by atoms with Crippen molar-refractivity contribution >= 4 is 34.5 Å². The Kier molecular flexibility index (Phi) is 12.3. The minimum absolute atomic E-state index is 0.0924. The molecule has 0 atom stereocenters. The Morgan fingerprint density at radius 1 is 1.07 bits per heavy atom. The third-order valence-corrected chi connectivity index (χ3v) is 6.24. The van der Waals surface area contributed by atoms with Crippen LogP contribution in [0.5, 0.6) is 5.75 Å². The molecule has 0 fully saturated rings. The summed E-state index contributed by atoms with van der Waals surface area (Å²) < 4.78 is 52.4. The number of allylic oxidation sites excluding steroid dienone is 1. The van der Waals surface area contributed by atoms with Crippen molar-refractivity contribution in [1.29, 1.82) is 0 Å². The largest absolute Gasteiger partial charge is 0.486 e. The number of primary amides is 1. The molecule has 0 aliphatic heterocycles. The number of aromatic nitrogens is 2. The molecule has 0 radical (unpaired) electrons. The maximum Gasteiger partial charge on any atom is 0.404 e. The summed E-state index contributed by atoms with van der Waals surface area (Å²) in [5.74, 6) is -2.48. The summed E-state index contributed by atoms with van der Waals surface area (Å²) in [5.41, 5.74) is 5.23. The van der Waals surface area contributed by atoms with Gasteiger partial charge in [-0.25, -0.2) is 18.0 Å². The number of nitrogens with two attached hydrogens (primary N) is 1. The van der Waals surface area contributed by atoms with Crippen LogP contribution in [0.2, 0.25) is 0 Å². The van der Waals surface area contributed by atoms with Crippen molar-refractivity contribution in [1.82, 2.24) is 14.9 Å². The molecule has 3 amide bonds. The fraction of sp³-hybridized carbons (Fsp3) is 0.226. The number of nitrogens with zero attached hydrogens (tertiary/aromatic N) is 1. The van der Waals surface area contributed by atoms with E-state index in [1.54, 1.807) is 24.4 Å². The van der Waals surface area contributed by atoms with Crippen LogP contribution in [0.15, 0.2) is 71.7 Å². The second-order valence-corrected chi connectivity index (χ2v) is 9.52. The molecule has 0 aliphatic rings. The van der Waals surface area contributed by atoms with Gasteiger partial charge in [-0.1, -0.05) is 6.08 Å². The highest BCUT2D eigenvalue weighted by molar-refractivity contribution is 5.90. The van der Waals surface area contributed by atoms with Crippen LogP contribution < -0.4 is 26.7 Å². The van der Waals surface area contributed by atoms with Crippen molar-refractivity contribution < 1.29 is 37.0 Å². The predicted octanol–water partition coefficient (Wildman–Crippen LogP) is 4.50. The molecule has 0 bridgehead atoms. The normalized spacial score (nSPS) is 10.7. The van der Waals surface area contributed by atoms with Gasteiger partial charge >= 0.3 is 6.09 Å². The number of hydrogen-bond donors (Lipinski definition) is 4. The zero-order valence-corrected chi connectivity index (χ0v) is 24.5. The van der Waals surface area contributed by atoms with Crippen LogP contribution in [0, 0.1) is 17.5 Å². The fourth-order valence-corrected chi connectivity index (χ4v) is 4.03. The zero-order valence-electron chi connectivity index (χ0n) is 24.5. The lowest BCUT2D eigenvalue weighted by Crippen LogP contribution is -2.25. The summed E-state index contributed by atoms with van der Waals surface area (Å²) in [6, 6.07) is 10.3. The average Bonchev–Trinajstić information content (AvgIpc) is 3.40. The van der Waals surface area contributed by atoms with Gasteiger partial charge in [0.1, 0.15) is 35.5 Å². The number of likely N-dealkylation sites (N-methyl/N-ethyl adjacent to an activating group) is 1. The van der Waals surface area contributed by atoms with E-state index in [9.17, 15) is 32.3 Å². The number of carbonyl (C=O) groups is 3. The molecular weight excluding hydrogens is 595 g/mol. The van der Waals surface area contributed by atoms with Crippen LogP contribution in [0.1, 0.15) is 30.5 Å². The summed E-state index contributed by atoms with van der Waals surface area (Å²) in [4.78, 5) is 48.9. The smallest absolute Gasteiger partial charge is 0.404 e. The number of rotatable bonds is 11. The number of fused-ring (bicyclic) bond motifs is 1. The molecule has 0 saturated carbocycles. The number of pyridine rings is 1. The summed E-state index contributed by atoms with van der Waals surface area (Å²) >= 11 is 0. The summed E-state index contributed by atoms with van der Waals surface area (Å²) in [6.07, 6.45) is 5.09. The van der Waals surface area contributed by atoms with Crippen molar-refractivity contribution in [2.75, 3.05) is 19.5 Å². The first-order chi connectivity index (χ1) is 21.5. The summed E-state index contributed by atoms with van der Waals surface area (Å²) in [5, 5.41) is 5.56. The number of hydrogen-bond acceptors (Lipinski definition) is 6. The summed E-state index contributed by atoms with van der Waals surface area (Å²) in [7, 11) is 2.75. The molecule has 0 saturated heterocycles. The third kappa shape index (κ3) is 10.3. The number of methoxy groups -OCH3 is 1. The van der Waals surface area contributed by atoms with Gasteiger partial charge in [0, 0.05) is 48.4 Å². The van der Waals surface area contributed by atoms with Crippen molar-refractivity contribution in [3.63, 3.8) is 0 Å². The van der Waals surface area contributed by atoms with E-state index in [0.29, 0.717) is 29.4 Å². The Bertz CT molecular complexity index is 1750. The minimum atomic E-state index is -0.774. The average molecular weight is 628 g/mol. The maximum atomic E-state index is 14.3. The Labute approximate surface area is 255 Å². The third-order valence-electron chi connectivity index (χ3n) is 6.24. The molecule has 2 heterocycles. The van der Waals surface area contributed by atoms with Gasteiger partial charge in [-0.15, -0.1) is 0 Å². The molecule has 4 rings (SSSR count). The number of halogens is 3. The number of amides is 3. The fourth-order valence-electron chi connectivity index (χ4n) is 4.03. The molecule has 4 aromatic rings. The Balaban J connectivity index is 0.00000102. The monoisotopic (exact) mass is 627 g/mol. The van der Waals surface area contributed by atoms with E-state index >= 15 is 0 Å². The number of aromatic amines is 1. The number of carbonyl (C=O) groups excluding carboxylic acids is 3. The molecule has 0 aliphatic carbocycles. The maximum absolute atomic E-state index is 14.3. The number of anilines is 1. The molecular formula is C31H32F3N5O6. The van der Waals surface area contributed by atoms with E-state index in [-0.39, 0.29) is 48.4 Å². The van der Waals surface area contributed by atoms with Crippen LogP contribution in [0.4, 0.5) is 23.7 Å². The second kappa shape index (κ2) is 16.4. The van der Waals surface area contributed by atoms with Crippen molar-refractivity contribution in [2.24, 2.45) is 5.73 Å². The van der Waals surface area contributed by atoms with E-state index in [4.69, 9.17) is 4.74 Å². The van der Waals surface area contributed by atoms with Gasteiger partial charge < -0.3 is 35.4 Å². The molecule has 2 aromatic carbocycles. The Morgan fingerprint density at radius 2 is 1.82 bits per heavy atom. The van der Waals surface area contributed by atoms with E-state index in [1.807, 2.05) is 0 Å². The molecule has 45 heavy (non-hydrogen) atoms. The molecule has 0 spiro atoms. The van der Waals surface area contributed by atoms with Gasteiger partial charge in [0.15, 0.2) is 0 Å². The van der Waals surface area contributed by atoms with Gasteiger partial charge in [-0.05, 0) is 55.3 Å². The number of nitrogens with one attached hydrogen (secondary N) is 3. The van der Waals surface area contributed by atoms with Crippen LogP contribution >= 0.6 is 0 Å². The minimum Gasteiger partial charge on any atom is -0.486 e. The standard InChI is InChI=1S/C29H27F3N4O4.C2H5NO2/c1-33-26(37)7-3-2-4-8-27(38)35-24-6-5-11-36(29(24)39)16-22-13-19-12-21(31)15-25(28(19)34-22)40-17-18-9-10-20(30)14-23(18)32;1-5-2(3)4/h3,5-7,9-15,34H,2,4,8,16-17H2,1H3,(H,33,37)(H,35,38);1H3,(H2,3,4)/b7-3+;. The highest BCUT2D eigenvalue weighted by Crippen LogP contribution is 2.29. The molecule has 238 valence electrons. The number of ether oxygens (including phenoxy) is 2. The molecule has 14 heteroatoms. The molecule has 0 unspecified atom stereocenters. The van der Waals surface area contributed by atoms with E-state index in [0.717, 1.165) is 18.2 Å². The van der Waals surface area contributed by atoms with E-state index in [1.165, 1.54) is 43.0 Å². The Hall–Kier alpha value is -5.53. The lowest BCUT2D eigenvalue weighted by Gasteiger charge is -2.09. The van der Waals surface area contributed by atoms with Crippen LogP contribution in [-0.4, -0.2) is 41.6 Å². The zero-order chi connectivity index (χ0) is 32.9. The molecule has 5 N–H and O–H groups in total. The van der Waals surface area contributed by atoms with Crippen molar-refractivity contribution in [3.8, 4) is 5.75 Å². The Morgan fingerprint density at radius 3 is 2.51 bits per heavy atom. The van der Waals surface area contributed by atoms with Crippen LogP contribution in [0.3, 0.4) is 0 Å². The quantitative estimate of drug-likeness (QED) is 0.142. The van der Waals surface area contributed by atoms with Crippen molar-refractivity contribution in [2.45, 2.75) is 32.4 Å². The van der Waals surface area contributed by atoms with Gasteiger partial charge in [0.05, 0.1) is 19.2 Å². The van der Waals surface area contributed by atoms with Gasteiger partial charge in [0.2, 0.25) is 11.8 Å². The molecule has 11 nitrogen and oxygen atoms in total. The van der Waals surface area contributed by atoms with Gasteiger partial charge in [-0.2, -0.15) is 0 Å². The number of unbranched alkanes of at least 4 members (excludes halogenated alkanes) is 1. The van der Waals surface area contributed by atoms with E-state index in [2.05, 4.69) is 26.1 Å². The number of benzene rings is 2. The highest BCUT2D eigenvalue weighted by Gasteiger charge is 2.13. The second-order valence-electron chi connectivity index (χ2n) is 9.52. The first-order valence-electron chi connectivity index (χ1n) is 13.6. The lowest BCUT2D eigenvalue weighted by atomic mass is 10.2. The molecule has 2 aromatic heterocycles.